The molecule has 3 N–H and O–H groups in total. The van der Waals surface area contributed by atoms with Crippen LogP contribution in [0.2, 0.25) is 0 Å². The van der Waals surface area contributed by atoms with Gasteiger partial charge in [0.2, 0.25) is 5.91 Å². The van der Waals surface area contributed by atoms with Gasteiger partial charge in [0.15, 0.2) is 11.5 Å². The first-order valence-corrected chi connectivity index (χ1v) is 9.90. The Morgan fingerprint density at radius 3 is 3.00 bits per heavy atom. The van der Waals surface area contributed by atoms with Crippen molar-refractivity contribution >= 4 is 27.3 Å². The molecular weight excluding hydrogens is 360 g/mol. The molecule has 1 atom stereocenters. The summed E-state index contributed by atoms with van der Waals surface area (Å²) in [6, 6.07) is 12.0. The zero-order chi connectivity index (χ0) is 19.0. The van der Waals surface area contributed by atoms with Gasteiger partial charge in [0.05, 0.1) is 6.54 Å². The van der Waals surface area contributed by atoms with E-state index in [1.807, 2.05) is 25.1 Å². The summed E-state index contributed by atoms with van der Waals surface area (Å²) in [4.78, 5) is 14.4. The third-order valence-corrected chi connectivity index (χ3v) is 5.96. The van der Waals surface area contributed by atoms with Gasteiger partial charge in [-0.15, -0.1) is 11.3 Å². The molecular formula is C21H22N2O3S. The number of rotatable bonds is 3. The molecule has 0 saturated heterocycles. The summed E-state index contributed by atoms with van der Waals surface area (Å²) in [5.74, 6) is 0.358. The average molecular weight is 382 g/mol. The minimum atomic E-state index is -0.232. The number of ether oxygens (including phenoxy) is 1. The Labute approximate surface area is 162 Å². The van der Waals surface area contributed by atoms with Crippen LogP contribution in [0.25, 0.3) is 21.2 Å². The van der Waals surface area contributed by atoms with Crippen LogP contribution in [0.3, 0.4) is 0 Å². The summed E-state index contributed by atoms with van der Waals surface area (Å²) in [5, 5.41) is 13.8. The Morgan fingerprint density at radius 1 is 1.37 bits per heavy atom. The van der Waals surface area contributed by atoms with E-state index in [0.717, 1.165) is 22.1 Å². The van der Waals surface area contributed by atoms with Crippen LogP contribution in [0.5, 0.6) is 11.5 Å². The molecule has 0 saturated carbocycles. The molecule has 5 nitrogen and oxygen atoms in total. The van der Waals surface area contributed by atoms with Crippen LogP contribution in [0.4, 0.5) is 0 Å². The van der Waals surface area contributed by atoms with Gasteiger partial charge in [0.25, 0.3) is 0 Å². The van der Waals surface area contributed by atoms with E-state index in [9.17, 15) is 9.90 Å². The molecule has 1 unspecified atom stereocenters. The van der Waals surface area contributed by atoms with Crippen molar-refractivity contribution in [2.45, 2.75) is 13.5 Å². The highest BCUT2D eigenvalue weighted by molar-refractivity contribution is 7.17. The Bertz CT molecular complexity index is 998. The summed E-state index contributed by atoms with van der Waals surface area (Å²) < 4.78 is 6.96. The Kier molecular flexibility index (Phi) is 4.76. The second kappa shape index (κ2) is 7.21. The molecule has 2 heterocycles. The number of hydrogen-bond acceptors (Lipinski definition) is 5. The summed E-state index contributed by atoms with van der Waals surface area (Å²) in [6.45, 7) is 3.38. The minimum Gasteiger partial charge on any atom is -0.504 e. The van der Waals surface area contributed by atoms with Crippen LogP contribution in [0.15, 0.2) is 41.8 Å². The summed E-state index contributed by atoms with van der Waals surface area (Å²) in [7, 11) is 0. The lowest BCUT2D eigenvalue weighted by molar-refractivity contribution is -0.135. The number of amides is 1. The molecule has 2 aromatic carbocycles. The van der Waals surface area contributed by atoms with Gasteiger partial charge in [-0.05, 0) is 29.1 Å². The molecule has 0 fully saturated rings. The largest absolute Gasteiger partial charge is 0.504 e. The fourth-order valence-electron chi connectivity index (χ4n) is 3.46. The standard InChI is InChI=1S/C21H22N2O3S/c1-13(10-22)21(25)23-6-7-26-20-15(11-23)8-14(9-18(20)24)17-12-27-19-5-3-2-4-16(17)19/h2-5,8-9,12-13,24H,6-7,10-11,22H2,1H3. The molecule has 140 valence electrons. The molecule has 0 aliphatic carbocycles. The second-order valence-corrected chi connectivity index (χ2v) is 7.79. The van der Waals surface area contributed by atoms with Crippen molar-refractivity contribution in [1.29, 1.82) is 0 Å². The van der Waals surface area contributed by atoms with Crippen molar-refractivity contribution in [1.82, 2.24) is 4.90 Å². The first-order chi connectivity index (χ1) is 13.1. The number of thiophene rings is 1. The third-order valence-electron chi connectivity index (χ3n) is 4.99. The molecule has 4 rings (SSSR count). The molecule has 0 bridgehead atoms. The van der Waals surface area contributed by atoms with E-state index < -0.39 is 0 Å². The first kappa shape index (κ1) is 17.8. The van der Waals surface area contributed by atoms with E-state index >= 15 is 0 Å². The van der Waals surface area contributed by atoms with E-state index in [1.54, 1.807) is 22.3 Å². The van der Waals surface area contributed by atoms with Gasteiger partial charge in [-0.3, -0.25) is 4.79 Å². The zero-order valence-electron chi connectivity index (χ0n) is 15.1. The maximum atomic E-state index is 12.6. The summed E-state index contributed by atoms with van der Waals surface area (Å²) in [5.41, 5.74) is 8.48. The van der Waals surface area contributed by atoms with Crippen LogP contribution in [0, 0.1) is 5.92 Å². The first-order valence-electron chi connectivity index (χ1n) is 9.02. The van der Waals surface area contributed by atoms with E-state index in [2.05, 4.69) is 17.5 Å². The Hall–Kier alpha value is -2.57. The molecule has 0 radical (unpaired) electrons. The lowest BCUT2D eigenvalue weighted by Crippen LogP contribution is -2.38. The molecule has 27 heavy (non-hydrogen) atoms. The van der Waals surface area contributed by atoms with E-state index in [0.29, 0.717) is 32.0 Å². The number of phenols is 1. The molecule has 3 aromatic rings. The van der Waals surface area contributed by atoms with Gasteiger partial charge in [0.1, 0.15) is 6.61 Å². The number of aromatic hydroxyl groups is 1. The van der Waals surface area contributed by atoms with Gasteiger partial charge < -0.3 is 20.5 Å². The number of fused-ring (bicyclic) bond motifs is 2. The highest BCUT2D eigenvalue weighted by Crippen LogP contribution is 2.41. The molecule has 1 aromatic heterocycles. The molecule has 1 aliphatic heterocycles. The third kappa shape index (κ3) is 3.26. The van der Waals surface area contributed by atoms with Gasteiger partial charge in [-0.1, -0.05) is 25.1 Å². The van der Waals surface area contributed by atoms with Gasteiger partial charge in [0, 0.05) is 40.2 Å². The fraction of sp³-hybridized carbons (Fsp3) is 0.286. The number of nitrogens with two attached hydrogens (primary N) is 1. The SMILES string of the molecule is CC(CN)C(=O)N1CCOc2c(O)cc(-c3csc4ccccc34)cc2C1. The maximum Gasteiger partial charge on any atom is 0.227 e. The van der Waals surface area contributed by atoms with E-state index in [-0.39, 0.29) is 17.6 Å². The number of carbonyl (C=O) groups excluding carboxylic acids is 1. The van der Waals surface area contributed by atoms with Crippen molar-refractivity contribution in [3.8, 4) is 22.6 Å². The Morgan fingerprint density at radius 2 is 2.19 bits per heavy atom. The number of hydrogen-bond donors (Lipinski definition) is 2. The zero-order valence-corrected chi connectivity index (χ0v) is 16.0. The normalized spacial score (nSPS) is 15.1. The number of phenolic OH excluding ortho intramolecular Hbond substituents is 1. The number of nitrogens with zero attached hydrogens (tertiary/aromatic N) is 1. The maximum absolute atomic E-state index is 12.6. The monoisotopic (exact) mass is 382 g/mol. The van der Waals surface area contributed by atoms with E-state index in [4.69, 9.17) is 10.5 Å². The van der Waals surface area contributed by atoms with Crippen LogP contribution in [-0.2, 0) is 11.3 Å². The van der Waals surface area contributed by atoms with Crippen LogP contribution in [-0.4, -0.2) is 35.6 Å². The molecule has 1 aliphatic rings. The molecule has 1 amide bonds. The molecule has 0 spiro atoms. The summed E-state index contributed by atoms with van der Waals surface area (Å²) in [6.07, 6.45) is 0. The number of benzene rings is 2. The predicted molar refractivity (Wildman–Crippen MR) is 108 cm³/mol. The van der Waals surface area contributed by atoms with Crippen molar-refractivity contribution in [3.63, 3.8) is 0 Å². The minimum absolute atomic E-state index is 0.0137. The smallest absolute Gasteiger partial charge is 0.227 e. The Balaban J connectivity index is 1.75. The van der Waals surface area contributed by atoms with Crippen molar-refractivity contribution in [2.24, 2.45) is 11.7 Å². The lowest BCUT2D eigenvalue weighted by Gasteiger charge is -2.23. The van der Waals surface area contributed by atoms with Gasteiger partial charge >= 0.3 is 0 Å². The van der Waals surface area contributed by atoms with Gasteiger partial charge in [-0.2, -0.15) is 0 Å². The van der Waals surface area contributed by atoms with Crippen LogP contribution in [0.1, 0.15) is 12.5 Å². The topological polar surface area (TPSA) is 75.8 Å². The van der Waals surface area contributed by atoms with Crippen molar-refractivity contribution < 1.29 is 14.6 Å². The summed E-state index contributed by atoms with van der Waals surface area (Å²) >= 11 is 1.68. The number of carbonyl (C=O) groups is 1. The highest BCUT2D eigenvalue weighted by atomic mass is 32.1. The quantitative estimate of drug-likeness (QED) is 0.726. The van der Waals surface area contributed by atoms with Gasteiger partial charge in [-0.25, -0.2) is 0 Å². The molecule has 6 heteroatoms. The predicted octanol–water partition coefficient (Wildman–Crippen LogP) is 3.59. The van der Waals surface area contributed by atoms with Crippen molar-refractivity contribution in [2.75, 3.05) is 19.7 Å². The fourth-order valence-corrected chi connectivity index (χ4v) is 4.43. The average Bonchev–Trinajstić information content (AvgIpc) is 2.99. The highest BCUT2D eigenvalue weighted by Gasteiger charge is 2.25. The van der Waals surface area contributed by atoms with Crippen molar-refractivity contribution in [3.05, 3.63) is 47.3 Å². The lowest BCUT2D eigenvalue weighted by atomic mass is 10.0. The second-order valence-electron chi connectivity index (χ2n) is 6.87. The van der Waals surface area contributed by atoms with Crippen LogP contribution >= 0.6 is 11.3 Å². The van der Waals surface area contributed by atoms with Crippen LogP contribution < -0.4 is 10.5 Å². The van der Waals surface area contributed by atoms with E-state index in [1.165, 1.54) is 4.70 Å².